The topological polar surface area (TPSA) is 9.23 Å². The van der Waals surface area contributed by atoms with E-state index in [1.807, 2.05) is 31.2 Å². The van der Waals surface area contributed by atoms with Crippen molar-refractivity contribution in [3.8, 4) is 5.75 Å². The van der Waals surface area contributed by atoms with Crippen LogP contribution in [0.1, 0.15) is 16.7 Å². The summed E-state index contributed by atoms with van der Waals surface area (Å²) in [5.74, 6) is 0.337. The van der Waals surface area contributed by atoms with Gasteiger partial charge >= 0.3 is 0 Å². The quantitative estimate of drug-likeness (QED) is 0.773. The Bertz CT molecular complexity index is 520. The highest BCUT2D eigenvalue weighted by Crippen LogP contribution is 2.18. The number of halogens is 1. The van der Waals surface area contributed by atoms with Gasteiger partial charge in [0, 0.05) is 6.07 Å². The van der Waals surface area contributed by atoms with Crippen molar-refractivity contribution in [1.29, 1.82) is 0 Å². The second-order valence-electron chi connectivity index (χ2n) is 4.13. The van der Waals surface area contributed by atoms with Gasteiger partial charge in [0.15, 0.2) is 0 Å². The van der Waals surface area contributed by atoms with E-state index in [-0.39, 0.29) is 5.82 Å². The van der Waals surface area contributed by atoms with Crippen LogP contribution in [0.3, 0.4) is 0 Å². The number of rotatable bonds is 3. The van der Waals surface area contributed by atoms with E-state index in [0.29, 0.717) is 17.9 Å². The lowest BCUT2D eigenvalue weighted by Gasteiger charge is -2.09. The van der Waals surface area contributed by atoms with Gasteiger partial charge in [-0.2, -0.15) is 0 Å². The van der Waals surface area contributed by atoms with Crippen molar-refractivity contribution in [2.24, 2.45) is 0 Å². The number of ether oxygens (including phenoxy) is 1. The molecule has 2 aromatic rings. The second-order valence-corrected chi connectivity index (χ2v) is 4.13. The molecular formula is C15H15FO. The first-order valence-electron chi connectivity index (χ1n) is 5.60. The Morgan fingerprint density at radius 3 is 2.47 bits per heavy atom. The molecule has 0 aromatic heterocycles. The molecule has 2 aromatic carbocycles. The lowest BCUT2D eigenvalue weighted by atomic mass is 10.1. The van der Waals surface area contributed by atoms with Gasteiger partial charge in [-0.3, -0.25) is 0 Å². The zero-order chi connectivity index (χ0) is 12.3. The Hall–Kier alpha value is -1.83. The standard InChI is InChI=1S/C15H15FO/c1-11-5-3-4-6-13(11)10-17-14-8-7-12(2)15(16)9-14/h3-9H,10H2,1-2H3. The molecule has 0 aliphatic carbocycles. The van der Waals surface area contributed by atoms with Gasteiger partial charge in [-0.25, -0.2) is 4.39 Å². The highest BCUT2D eigenvalue weighted by molar-refractivity contribution is 5.29. The molecule has 88 valence electrons. The predicted octanol–water partition coefficient (Wildman–Crippen LogP) is 4.02. The Kier molecular flexibility index (Phi) is 3.43. The molecule has 0 saturated carbocycles. The van der Waals surface area contributed by atoms with Crippen LogP contribution in [0.5, 0.6) is 5.75 Å². The van der Waals surface area contributed by atoms with Crippen molar-refractivity contribution in [1.82, 2.24) is 0 Å². The molecule has 0 aliphatic rings. The molecule has 0 atom stereocenters. The van der Waals surface area contributed by atoms with Crippen LogP contribution < -0.4 is 4.74 Å². The maximum absolute atomic E-state index is 13.3. The van der Waals surface area contributed by atoms with Gasteiger partial charge < -0.3 is 4.74 Å². The molecule has 0 amide bonds. The largest absolute Gasteiger partial charge is 0.489 e. The van der Waals surface area contributed by atoms with Crippen molar-refractivity contribution < 1.29 is 9.13 Å². The van der Waals surface area contributed by atoms with Crippen molar-refractivity contribution in [2.75, 3.05) is 0 Å². The maximum Gasteiger partial charge on any atom is 0.129 e. The fourth-order valence-corrected chi connectivity index (χ4v) is 1.60. The molecule has 17 heavy (non-hydrogen) atoms. The van der Waals surface area contributed by atoms with Crippen LogP contribution >= 0.6 is 0 Å². The summed E-state index contributed by atoms with van der Waals surface area (Å²) >= 11 is 0. The molecule has 1 nitrogen and oxygen atoms in total. The molecule has 0 fully saturated rings. The fourth-order valence-electron chi connectivity index (χ4n) is 1.60. The molecule has 0 bridgehead atoms. The minimum atomic E-state index is -0.229. The summed E-state index contributed by atoms with van der Waals surface area (Å²) in [4.78, 5) is 0. The van der Waals surface area contributed by atoms with Gasteiger partial charge in [-0.1, -0.05) is 30.3 Å². The van der Waals surface area contributed by atoms with E-state index in [4.69, 9.17) is 4.74 Å². The fraction of sp³-hybridized carbons (Fsp3) is 0.200. The van der Waals surface area contributed by atoms with Crippen molar-refractivity contribution in [3.05, 3.63) is 65.0 Å². The van der Waals surface area contributed by atoms with Gasteiger partial charge in [0.1, 0.15) is 18.2 Å². The molecule has 0 heterocycles. The first kappa shape index (κ1) is 11.6. The molecule has 0 saturated heterocycles. The molecule has 0 radical (unpaired) electrons. The minimum Gasteiger partial charge on any atom is -0.489 e. The van der Waals surface area contributed by atoms with Crippen LogP contribution in [0, 0.1) is 19.7 Å². The van der Waals surface area contributed by atoms with Crippen LogP contribution in [0.15, 0.2) is 42.5 Å². The van der Waals surface area contributed by atoms with E-state index in [1.165, 1.54) is 11.6 Å². The number of aryl methyl sites for hydroxylation is 2. The number of hydrogen-bond acceptors (Lipinski definition) is 1. The highest BCUT2D eigenvalue weighted by atomic mass is 19.1. The minimum absolute atomic E-state index is 0.229. The second kappa shape index (κ2) is 5.00. The molecule has 2 heteroatoms. The molecule has 0 N–H and O–H groups in total. The third-order valence-corrected chi connectivity index (χ3v) is 2.80. The van der Waals surface area contributed by atoms with Gasteiger partial charge in [0.25, 0.3) is 0 Å². The summed E-state index contributed by atoms with van der Waals surface area (Å²) in [6.45, 7) is 4.24. The zero-order valence-corrected chi connectivity index (χ0v) is 10.0. The molecule has 2 rings (SSSR count). The summed E-state index contributed by atoms with van der Waals surface area (Å²) in [6, 6.07) is 13.0. The molecule has 0 aliphatic heterocycles. The number of benzene rings is 2. The molecule has 0 spiro atoms. The molecular weight excluding hydrogens is 215 g/mol. The SMILES string of the molecule is Cc1ccc(OCc2ccccc2C)cc1F. The predicted molar refractivity (Wildman–Crippen MR) is 66.6 cm³/mol. The summed E-state index contributed by atoms with van der Waals surface area (Å²) in [6.07, 6.45) is 0. The van der Waals surface area contributed by atoms with E-state index in [0.717, 1.165) is 5.56 Å². The van der Waals surface area contributed by atoms with Crippen LogP contribution in [0.2, 0.25) is 0 Å². The van der Waals surface area contributed by atoms with Gasteiger partial charge in [-0.05, 0) is 36.6 Å². The van der Waals surface area contributed by atoms with E-state index < -0.39 is 0 Å². The van der Waals surface area contributed by atoms with Crippen molar-refractivity contribution in [3.63, 3.8) is 0 Å². The summed E-state index contributed by atoms with van der Waals surface area (Å²) in [7, 11) is 0. The third kappa shape index (κ3) is 2.84. The Morgan fingerprint density at radius 1 is 1.00 bits per heavy atom. The van der Waals surface area contributed by atoms with Crippen LogP contribution in [-0.4, -0.2) is 0 Å². The lowest BCUT2D eigenvalue weighted by molar-refractivity contribution is 0.303. The third-order valence-electron chi connectivity index (χ3n) is 2.80. The van der Waals surface area contributed by atoms with Crippen LogP contribution in [-0.2, 0) is 6.61 Å². The summed E-state index contributed by atoms with van der Waals surface area (Å²) in [5.41, 5.74) is 2.93. The normalized spacial score (nSPS) is 10.3. The monoisotopic (exact) mass is 230 g/mol. The summed E-state index contributed by atoms with van der Waals surface area (Å²) < 4.78 is 18.9. The Balaban J connectivity index is 2.08. The van der Waals surface area contributed by atoms with E-state index >= 15 is 0 Å². The average molecular weight is 230 g/mol. The van der Waals surface area contributed by atoms with Gasteiger partial charge in [0.05, 0.1) is 0 Å². The van der Waals surface area contributed by atoms with E-state index in [1.54, 1.807) is 19.1 Å². The van der Waals surface area contributed by atoms with E-state index in [9.17, 15) is 4.39 Å². The maximum atomic E-state index is 13.3. The Labute approximate surface area is 101 Å². The van der Waals surface area contributed by atoms with E-state index in [2.05, 4.69) is 0 Å². The molecule has 0 unspecified atom stereocenters. The first-order chi connectivity index (χ1) is 8.16. The lowest BCUT2D eigenvalue weighted by Crippen LogP contribution is -1.98. The van der Waals surface area contributed by atoms with Crippen LogP contribution in [0.25, 0.3) is 0 Å². The Morgan fingerprint density at radius 2 is 1.76 bits per heavy atom. The van der Waals surface area contributed by atoms with Crippen molar-refractivity contribution in [2.45, 2.75) is 20.5 Å². The number of hydrogen-bond donors (Lipinski definition) is 0. The average Bonchev–Trinajstić information content (AvgIpc) is 2.32. The smallest absolute Gasteiger partial charge is 0.129 e. The van der Waals surface area contributed by atoms with Gasteiger partial charge in [0.2, 0.25) is 0 Å². The van der Waals surface area contributed by atoms with Gasteiger partial charge in [-0.15, -0.1) is 0 Å². The summed E-state index contributed by atoms with van der Waals surface area (Å²) in [5, 5.41) is 0. The highest BCUT2D eigenvalue weighted by Gasteiger charge is 2.02. The van der Waals surface area contributed by atoms with Crippen molar-refractivity contribution >= 4 is 0 Å². The van der Waals surface area contributed by atoms with Crippen LogP contribution in [0.4, 0.5) is 4.39 Å². The first-order valence-corrected chi connectivity index (χ1v) is 5.60. The zero-order valence-electron chi connectivity index (χ0n) is 10.0.